The summed E-state index contributed by atoms with van der Waals surface area (Å²) in [5.41, 5.74) is 2.92. The van der Waals surface area contributed by atoms with Crippen molar-refractivity contribution in [2.45, 2.75) is 0 Å². The zero-order valence-electron chi connectivity index (χ0n) is 20.8. The van der Waals surface area contributed by atoms with E-state index in [2.05, 4.69) is 48.1 Å². The average Bonchev–Trinajstić information content (AvgIpc) is 2.95. The van der Waals surface area contributed by atoms with Gasteiger partial charge in [-0.15, -0.1) is 0 Å². The van der Waals surface area contributed by atoms with Gasteiger partial charge in [0.05, 0.1) is 24.4 Å². The molecular weight excluding hydrogens is 473 g/mol. The molecule has 0 unspecified atom stereocenters. The fourth-order valence-electron chi connectivity index (χ4n) is 2.87. The highest BCUT2D eigenvalue weighted by Gasteiger charge is 2.41. The summed E-state index contributed by atoms with van der Waals surface area (Å²) in [5, 5.41) is 0. The standard InChI is InChI=1S/C32H20BO4.H3N/c1-5-13-29(14-6-1)21-25-34-33(35-26-22-30-15-7-2-8-16-30,36-27-23-31-17-9-3-10-18-31)37-28-24-32-19-11-4-12-20-32;/h1-20H;1H3/q-1;/p+1. The largest absolute Gasteiger partial charge is 0.810 e. The van der Waals surface area contributed by atoms with Gasteiger partial charge in [0.1, 0.15) is 0 Å². The second-order valence-electron chi connectivity index (χ2n) is 7.42. The first kappa shape index (κ1) is 26.9. The normalized spacial score (nSPS) is 9.05. The van der Waals surface area contributed by atoms with Gasteiger partial charge in [0.15, 0.2) is 0 Å². The maximum absolute atomic E-state index is 5.67. The molecule has 0 saturated heterocycles. The summed E-state index contributed by atoms with van der Waals surface area (Å²) in [4.78, 5) is 0. The van der Waals surface area contributed by atoms with Gasteiger partial charge in [-0.2, -0.15) is 0 Å². The lowest BCUT2D eigenvalue weighted by molar-refractivity contribution is 0.107. The van der Waals surface area contributed by atoms with Crippen molar-refractivity contribution in [3.05, 3.63) is 144 Å². The Balaban J connectivity index is 0.00000400. The Morgan fingerprint density at radius 3 is 0.763 bits per heavy atom. The van der Waals surface area contributed by atoms with E-state index in [1.54, 1.807) is 0 Å². The van der Waals surface area contributed by atoms with Crippen molar-refractivity contribution in [1.82, 2.24) is 6.15 Å². The molecule has 0 heterocycles. The highest BCUT2D eigenvalue weighted by Crippen LogP contribution is 2.12. The second-order valence-corrected chi connectivity index (χ2v) is 7.42. The summed E-state index contributed by atoms with van der Waals surface area (Å²) in [7, 11) is 0. The molecule has 5 nitrogen and oxygen atoms in total. The average molecular weight is 497 g/mol. The van der Waals surface area contributed by atoms with E-state index < -0.39 is 6.96 Å². The number of quaternary nitrogens is 1. The predicted molar refractivity (Wildman–Crippen MR) is 149 cm³/mol. The topological polar surface area (TPSA) is 73.4 Å². The SMILES string of the molecule is C(#Cc1ccccc1)O[B-](OC#Cc1ccccc1)(OC#Cc1ccccc1)OC#Cc1ccccc1.[NH4+]. The van der Waals surface area contributed by atoms with E-state index in [9.17, 15) is 0 Å². The number of benzene rings is 4. The van der Waals surface area contributed by atoms with Gasteiger partial charge in [-0.05, 0) is 72.2 Å². The maximum Gasteiger partial charge on any atom is 0.810 e. The quantitative estimate of drug-likeness (QED) is 0.282. The van der Waals surface area contributed by atoms with Gasteiger partial charge in [-0.3, -0.25) is 0 Å². The van der Waals surface area contributed by atoms with E-state index in [0.717, 1.165) is 22.3 Å². The van der Waals surface area contributed by atoms with Crippen molar-refractivity contribution in [2.24, 2.45) is 0 Å². The van der Waals surface area contributed by atoms with Gasteiger partial charge in [0, 0.05) is 22.3 Å². The van der Waals surface area contributed by atoms with E-state index in [1.807, 2.05) is 121 Å². The van der Waals surface area contributed by atoms with Crippen LogP contribution >= 0.6 is 0 Å². The Hall–Kier alpha value is -5.66. The van der Waals surface area contributed by atoms with Crippen LogP contribution in [-0.2, 0) is 18.6 Å². The highest BCUT2D eigenvalue weighted by molar-refractivity contribution is 6.55. The zero-order valence-corrected chi connectivity index (χ0v) is 20.8. The summed E-state index contributed by atoms with van der Waals surface area (Å²) in [6.45, 7) is -3.10. The lowest BCUT2D eigenvalue weighted by Gasteiger charge is -2.30. The van der Waals surface area contributed by atoms with Gasteiger partial charge in [0.25, 0.3) is 0 Å². The molecule has 0 spiro atoms. The van der Waals surface area contributed by atoms with Crippen molar-refractivity contribution in [1.29, 1.82) is 0 Å². The Bertz CT molecular complexity index is 1290. The summed E-state index contributed by atoms with van der Waals surface area (Å²) in [6, 6.07) is 37.3. The van der Waals surface area contributed by atoms with Crippen molar-refractivity contribution in [3.63, 3.8) is 0 Å². The Morgan fingerprint density at radius 2 is 0.553 bits per heavy atom. The Labute approximate surface area is 223 Å². The van der Waals surface area contributed by atoms with Crippen LogP contribution in [0.3, 0.4) is 0 Å². The molecule has 0 aliphatic carbocycles. The predicted octanol–water partition coefficient (Wildman–Crippen LogP) is 5.90. The summed E-state index contributed by atoms with van der Waals surface area (Å²) in [5.74, 6) is 11.5. The monoisotopic (exact) mass is 497 g/mol. The molecule has 0 amide bonds. The minimum atomic E-state index is -3.10. The van der Waals surface area contributed by atoms with Gasteiger partial charge < -0.3 is 24.8 Å². The van der Waals surface area contributed by atoms with Crippen LogP contribution in [0.15, 0.2) is 121 Å². The minimum absolute atomic E-state index is 0. The highest BCUT2D eigenvalue weighted by atomic mass is 16.9. The van der Waals surface area contributed by atoms with E-state index in [0.29, 0.717) is 0 Å². The first-order valence-electron chi connectivity index (χ1n) is 11.4. The first-order chi connectivity index (χ1) is 18.3. The molecular formula is C32H24BNO4. The molecule has 0 aliphatic rings. The van der Waals surface area contributed by atoms with Gasteiger partial charge in [-0.25, -0.2) is 0 Å². The van der Waals surface area contributed by atoms with Crippen molar-refractivity contribution >= 4 is 6.96 Å². The third kappa shape index (κ3) is 8.85. The van der Waals surface area contributed by atoms with Crippen LogP contribution in [-0.4, -0.2) is 6.96 Å². The van der Waals surface area contributed by atoms with Crippen LogP contribution in [0.5, 0.6) is 0 Å². The molecule has 4 N–H and O–H groups in total. The van der Waals surface area contributed by atoms with E-state index in [-0.39, 0.29) is 6.15 Å². The fourth-order valence-corrected chi connectivity index (χ4v) is 2.87. The molecule has 0 atom stereocenters. The maximum atomic E-state index is 5.67. The van der Waals surface area contributed by atoms with Crippen LogP contribution in [0.25, 0.3) is 0 Å². The van der Waals surface area contributed by atoms with Crippen LogP contribution in [0, 0.1) is 48.1 Å². The van der Waals surface area contributed by atoms with E-state index >= 15 is 0 Å². The lowest BCUT2D eigenvalue weighted by atomic mass is 10.1. The number of hydrogen-bond acceptors (Lipinski definition) is 4. The minimum Gasteiger partial charge on any atom is -0.560 e. The molecule has 184 valence electrons. The first-order valence-corrected chi connectivity index (χ1v) is 11.4. The third-order valence-electron chi connectivity index (χ3n) is 4.69. The van der Waals surface area contributed by atoms with Crippen molar-refractivity contribution < 1.29 is 18.6 Å². The molecule has 6 heteroatoms. The summed E-state index contributed by atoms with van der Waals surface area (Å²) >= 11 is 0. The zero-order chi connectivity index (χ0) is 25.4. The second kappa shape index (κ2) is 14.7. The van der Waals surface area contributed by atoms with E-state index in [4.69, 9.17) is 18.6 Å². The summed E-state index contributed by atoms with van der Waals surface area (Å²) in [6.07, 6.45) is 10.4. The lowest BCUT2D eigenvalue weighted by Crippen LogP contribution is -2.44. The van der Waals surface area contributed by atoms with Crippen LogP contribution in [0.4, 0.5) is 0 Å². The van der Waals surface area contributed by atoms with Crippen molar-refractivity contribution in [2.75, 3.05) is 0 Å². The van der Waals surface area contributed by atoms with Gasteiger partial charge in [-0.1, -0.05) is 72.8 Å². The molecule has 0 bridgehead atoms. The van der Waals surface area contributed by atoms with Crippen LogP contribution < -0.4 is 6.15 Å². The molecule has 4 rings (SSSR count). The smallest absolute Gasteiger partial charge is 0.560 e. The molecule has 0 fully saturated rings. The number of hydrogen-bond donors (Lipinski definition) is 1. The Morgan fingerprint density at radius 1 is 0.342 bits per heavy atom. The number of rotatable bonds is 4. The van der Waals surface area contributed by atoms with Gasteiger partial charge >= 0.3 is 6.96 Å². The molecule has 0 radical (unpaired) electrons. The summed E-state index contributed by atoms with van der Waals surface area (Å²) < 4.78 is 22.7. The van der Waals surface area contributed by atoms with Crippen LogP contribution in [0.2, 0.25) is 0 Å². The van der Waals surface area contributed by atoms with Crippen molar-refractivity contribution in [3.8, 4) is 48.1 Å². The fraction of sp³-hybridized carbons (Fsp3) is 0. The molecule has 4 aromatic carbocycles. The Kier molecular flexibility index (Phi) is 10.4. The molecule has 0 aliphatic heterocycles. The van der Waals surface area contributed by atoms with E-state index in [1.165, 1.54) is 0 Å². The molecule has 4 aromatic rings. The third-order valence-corrected chi connectivity index (χ3v) is 4.69. The molecule has 0 aromatic heterocycles. The van der Waals surface area contributed by atoms with Crippen LogP contribution in [0.1, 0.15) is 22.3 Å². The molecule has 0 saturated carbocycles. The molecule has 38 heavy (non-hydrogen) atoms. The van der Waals surface area contributed by atoms with Gasteiger partial charge in [0.2, 0.25) is 0 Å².